The fourth-order valence-electron chi connectivity index (χ4n) is 3.24. The van der Waals surface area contributed by atoms with E-state index in [9.17, 15) is 14.0 Å². The molecular weight excluding hydrogens is 383 g/mol. The molecule has 0 saturated heterocycles. The molecule has 0 fully saturated rings. The molecule has 2 heterocycles. The van der Waals surface area contributed by atoms with Crippen LogP contribution < -0.4 is 10.6 Å². The van der Waals surface area contributed by atoms with E-state index in [1.165, 1.54) is 22.9 Å². The van der Waals surface area contributed by atoms with E-state index in [1.807, 2.05) is 19.1 Å². The SMILES string of the molecule is Cc1c(-c2cccc(Cl)c2)nn2c1NC(=O)CC2C(=O)Nc1cccc(F)c1. The lowest BCUT2D eigenvalue weighted by atomic mass is 10.1. The van der Waals surface area contributed by atoms with Crippen molar-refractivity contribution < 1.29 is 14.0 Å². The molecule has 1 aliphatic heterocycles. The Balaban J connectivity index is 1.71. The summed E-state index contributed by atoms with van der Waals surface area (Å²) in [5.74, 6) is -0.724. The zero-order valence-corrected chi connectivity index (χ0v) is 15.6. The number of rotatable bonds is 3. The number of anilines is 2. The predicted molar refractivity (Wildman–Crippen MR) is 105 cm³/mol. The Hall–Kier alpha value is -3.19. The van der Waals surface area contributed by atoms with Gasteiger partial charge in [0, 0.05) is 21.8 Å². The molecule has 2 amide bonds. The van der Waals surface area contributed by atoms with Gasteiger partial charge in [0.15, 0.2) is 0 Å². The van der Waals surface area contributed by atoms with E-state index in [-0.39, 0.29) is 12.3 Å². The molecule has 142 valence electrons. The maximum Gasteiger partial charge on any atom is 0.249 e. The van der Waals surface area contributed by atoms with Crippen LogP contribution in [0.4, 0.5) is 15.9 Å². The summed E-state index contributed by atoms with van der Waals surface area (Å²) in [7, 11) is 0. The van der Waals surface area contributed by atoms with Crippen molar-refractivity contribution in [1.29, 1.82) is 0 Å². The lowest BCUT2D eigenvalue weighted by molar-refractivity contribution is -0.125. The van der Waals surface area contributed by atoms with Crippen molar-refractivity contribution in [3.8, 4) is 11.3 Å². The number of hydrogen-bond acceptors (Lipinski definition) is 3. The van der Waals surface area contributed by atoms with E-state index in [4.69, 9.17) is 11.6 Å². The minimum atomic E-state index is -0.848. The smallest absolute Gasteiger partial charge is 0.249 e. The van der Waals surface area contributed by atoms with E-state index in [0.717, 1.165) is 11.1 Å². The van der Waals surface area contributed by atoms with Crippen LogP contribution in [0.15, 0.2) is 48.5 Å². The van der Waals surface area contributed by atoms with E-state index in [1.54, 1.807) is 18.2 Å². The van der Waals surface area contributed by atoms with E-state index >= 15 is 0 Å². The molecule has 28 heavy (non-hydrogen) atoms. The molecule has 2 aromatic carbocycles. The maximum absolute atomic E-state index is 13.4. The normalized spacial score (nSPS) is 15.7. The standard InChI is InChI=1S/C20H16ClFN4O2/c1-11-18(12-4-2-5-13(21)8-12)25-26-16(10-17(27)24-19(11)26)20(28)23-15-7-3-6-14(22)9-15/h2-9,16H,10H2,1H3,(H,23,28)(H,24,27). The highest BCUT2D eigenvalue weighted by molar-refractivity contribution is 6.30. The van der Waals surface area contributed by atoms with Gasteiger partial charge in [-0.05, 0) is 37.3 Å². The monoisotopic (exact) mass is 398 g/mol. The molecule has 1 unspecified atom stereocenters. The van der Waals surface area contributed by atoms with Crippen molar-refractivity contribution >= 4 is 34.9 Å². The van der Waals surface area contributed by atoms with Crippen LogP contribution in [0.3, 0.4) is 0 Å². The first kappa shape index (κ1) is 18.2. The second-order valence-electron chi connectivity index (χ2n) is 6.54. The quantitative estimate of drug-likeness (QED) is 0.695. The van der Waals surface area contributed by atoms with Crippen LogP contribution in [0.5, 0.6) is 0 Å². The minimum absolute atomic E-state index is 0.0652. The number of benzene rings is 2. The summed E-state index contributed by atoms with van der Waals surface area (Å²) in [5, 5.41) is 10.6. The maximum atomic E-state index is 13.4. The summed E-state index contributed by atoms with van der Waals surface area (Å²) in [5.41, 5.74) is 2.46. The highest BCUT2D eigenvalue weighted by Crippen LogP contribution is 2.35. The van der Waals surface area contributed by atoms with Gasteiger partial charge in [0.2, 0.25) is 11.8 Å². The average Bonchev–Trinajstić information content (AvgIpc) is 2.98. The fraction of sp³-hybridized carbons (Fsp3) is 0.150. The van der Waals surface area contributed by atoms with Crippen molar-refractivity contribution in [3.05, 3.63) is 64.9 Å². The Morgan fingerprint density at radius 2 is 2.07 bits per heavy atom. The van der Waals surface area contributed by atoms with Crippen LogP contribution >= 0.6 is 11.6 Å². The van der Waals surface area contributed by atoms with Gasteiger partial charge in [0.1, 0.15) is 17.7 Å². The van der Waals surface area contributed by atoms with Crippen molar-refractivity contribution in [3.63, 3.8) is 0 Å². The number of nitrogens with one attached hydrogen (secondary N) is 2. The molecule has 0 radical (unpaired) electrons. The molecule has 0 aliphatic carbocycles. The molecular formula is C20H16ClFN4O2. The number of amides is 2. The molecule has 2 N–H and O–H groups in total. The third-order valence-corrected chi connectivity index (χ3v) is 4.81. The number of nitrogens with zero attached hydrogens (tertiary/aromatic N) is 2. The second kappa shape index (κ2) is 7.09. The zero-order chi connectivity index (χ0) is 19.8. The summed E-state index contributed by atoms with van der Waals surface area (Å²) < 4.78 is 14.9. The molecule has 0 spiro atoms. The number of fused-ring (bicyclic) bond motifs is 1. The Morgan fingerprint density at radius 3 is 2.82 bits per heavy atom. The van der Waals surface area contributed by atoms with Gasteiger partial charge in [0.05, 0.1) is 12.1 Å². The Bertz CT molecular complexity index is 1100. The molecule has 3 aromatic rings. The first-order valence-corrected chi connectivity index (χ1v) is 9.01. The van der Waals surface area contributed by atoms with Gasteiger partial charge in [-0.15, -0.1) is 0 Å². The van der Waals surface area contributed by atoms with Crippen LogP contribution in [0.1, 0.15) is 18.0 Å². The first-order chi connectivity index (χ1) is 13.4. The van der Waals surface area contributed by atoms with Gasteiger partial charge in [0.25, 0.3) is 0 Å². The van der Waals surface area contributed by atoms with Crippen molar-refractivity contribution in [2.75, 3.05) is 10.6 Å². The van der Waals surface area contributed by atoms with Crippen LogP contribution in [0.2, 0.25) is 5.02 Å². The number of halogens is 2. The largest absolute Gasteiger partial charge is 0.324 e. The molecule has 0 saturated carbocycles. The Labute approximate surface area is 165 Å². The molecule has 1 aromatic heterocycles. The fourth-order valence-corrected chi connectivity index (χ4v) is 3.43. The first-order valence-electron chi connectivity index (χ1n) is 8.63. The third kappa shape index (κ3) is 3.36. The zero-order valence-electron chi connectivity index (χ0n) is 14.9. The number of aromatic nitrogens is 2. The summed E-state index contributed by atoms with van der Waals surface area (Å²) in [6.45, 7) is 1.82. The van der Waals surface area contributed by atoms with Gasteiger partial charge in [-0.3, -0.25) is 9.59 Å². The molecule has 1 aliphatic rings. The van der Waals surface area contributed by atoms with Crippen LogP contribution in [-0.4, -0.2) is 21.6 Å². The molecule has 1 atom stereocenters. The second-order valence-corrected chi connectivity index (χ2v) is 6.98. The Morgan fingerprint density at radius 1 is 1.29 bits per heavy atom. The van der Waals surface area contributed by atoms with E-state index < -0.39 is 17.8 Å². The van der Waals surface area contributed by atoms with Gasteiger partial charge in [-0.2, -0.15) is 5.10 Å². The van der Waals surface area contributed by atoms with Crippen molar-refractivity contribution in [2.24, 2.45) is 0 Å². The van der Waals surface area contributed by atoms with E-state index in [0.29, 0.717) is 22.2 Å². The molecule has 0 bridgehead atoms. The predicted octanol–water partition coefficient (Wildman–Crippen LogP) is 4.17. The van der Waals surface area contributed by atoms with Gasteiger partial charge in [-0.25, -0.2) is 9.07 Å². The van der Waals surface area contributed by atoms with Gasteiger partial charge >= 0.3 is 0 Å². The minimum Gasteiger partial charge on any atom is -0.324 e. The molecule has 4 rings (SSSR count). The van der Waals surface area contributed by atoms with Crippen molar-refractivity contribution in [1.82, 2.24) is 9.78 Å². The molecule has 8 heteroatoms. The highest BCUT2D eigenvalue weighted by atomic mass is 35.5. The highest BCUT2D eigenvalue weighted by Gasteiger charge is 2.34. The Kier molecular flexibility index (Phi) is 4.60. The lowest BCUT2D eigenvalue weighted by Crippen LogP contribution is -2.35. The summed E-state index contributed by atoms with van der Waals surface area (Å²) in [6, 6.07) is 11.9. The van der Waals surface area contributed by atoms with Crippen LogP contribution in [0.25, 0.3) is 11.3 Å². The summed E-state index contributed by atoms with van der Waals surface area (Å²) in [4.78, 5) is 25.0. The summed E-state index contributed by atoms with van der Waals surface area (Å²) in [6.07, 6.45) is -0.0652. The van der Waals surface area contributed by atoms with Crippen molar-refractivity contribution in [2.45, 2.75) is 19.4 Å². The number of carbonyl (C=O) groups is 2. The van der Waals surface area contributed by atoms with Crippen LogP contribution in [0, 0.1) is 12.7 Å². The summed E-state index contributed by atoms with van der Waals surface area (Å²) >= 11 is 6.08. The average molecular weight is 399 g/mol. The molecule has 6 nitrogen and oxygen atoms in total. The third-order valence-electron chi connectivity index (χ3n) is 4.57. The van der Waals surface area contributed by atoms with Crippen LogP contribution in [-0.2, 0) is 9.59 Å². The number of hydrogen-bond donors (Lipinski definition) is 2. The topological polar surface area (TPSA) is 76.0 Å². The lowest BCUT2D eigenvalue weighted by Gasteiger charge is -2.24. The van der Waals surface area contributed by atoms with Gasteiger partial charge in [-0.1, -0.05) is 29.8 Å². The number of carbonyl (C=O) groups excluding carboxylic acids is 2. The van der Waals surface area contributed by atoms with E-state index in [2.05, 4.69) is 15.7 Å². The van der Waals surface area contributed by atoms with Gasteiger partial charge < -0.3 is 10.6 Å².